The first-order chi connectivity index (χ1) is 14.0. The summed E-state index contributed by atoms with van der Waals surface area (Å²) >= 11 is 0. The summed E-state index contributed by atoms with van der Waals surface area (Å²) in [6.07, 6.45) is 1.74. The van der Waals surface area contributed by atoms with Crippen molar-refractivity contribution in [1.29, 1.82) is 0 Å². The SMILES string of the molecule is C[C@@H](OC(=O)CNC(=O)/C=C/c1ccccc1)C(=O)NNC(=O)c1ccccc1. The normalized spacial score (nSPS) is 11.3. The fourth-order valence-corrected chi connectivity index (χ4v) is 2.13. The van der Waals surface area contributed by atoms with Gasteiger partial charge in [0.25, 0.3) is 11.8 Å². The molecule has 8 heteroatoms. The molecule has 0 spiro atoms. The molecule has 0 aromatic heterocycles. The van der Waals surface area contributed by atoms with Gasteiger partial charge in [-0.1, -0.05) is 48.5 Å². The lowest BCUT2D eigenvalue weighted by molar-refractivity contribution is -0.154. The van der Waals surface area contributed by atoms with Crippen molar-refractivity contribution in [1.82, 2.24) is 16.2 Å². The monoisotopic (exact) mass is 395 g/mol. The number of rotatable bonds is 7. The third-order valence-electron chi connectivity index (χ3n) is 3.65. The fourth-order valence-electron chi connectivity index (χ4n) is 2.13. The van der Waals surface area contributed by atoms with Gasteiger partial charge in [-0.3, -0.25) is 30.0 Å². The molecule has 150 valence electrons. The van der Waals surface area contributed by atoms with E-state index in [9.17, 15) is 19.2 Å². The average molecular weight is 395 g/mol. The molecule has 0 saturated heterocycles. The number of hydrazine groups is 1. The first-order valence-corrected chi connectivity index (χ1v) is 8.81. The van der Waals surface area contributed by atoms with Gasteiger partial charge in [0, 0.05) is 11.6 Å². The molecular weight excluding hydrogens is 374 g/mol. The Hall–Kier alpha value is -3.94. The number of ether oxygens (including phenoxy) is 1. The second kappa shape index (κ2) is 11.0. The Morgan fingerprint density at radius 3 is 2.21 bits per heavy atom. The molecule has 3 amide bonds. The zero-order valence-corrected chi connectivity index (χ0v) is 15.8. The van der Waals surface area contributed by atoms with Crippen LogP contribution in [0.5, 0.6) is 0 Å². The first kappa shape index (κ1) is 21.4. The van der Waals surface area contributed by atoms with E-state index in [-0.39, 0.29) is 0 Å². The number of nitrogens with one attached hydrogen (secondary N) is 3. The van der Waals surface area contributed by atoms with E-state index in [1.807, 2.05) is 30.3 Å². The third kappa shape index (κ3) is 7.67. The largest absolute Gasteiger partial charge is 0.451 e. The predicted molar refractivity (Wildman–Crippen MR) is 106 cm³/mol. The van der Waals surface area contributed by atoms with Crippen molar-refractivity contribution in [2.24, 2.45) is 0 Å². The fraction of sp³-hybridized carbons (Fsp3) is 0.143. The van der Waals surface area contributed by atoms with E-state index in [2.05, 4.69) is 16.2 Å². The topological polar surface area (TPSA) is 114 Å². The molecule has 1 atom stereocenters. The van der Waals surface area contributed by atoms with Gasteiger partial charge in [0.2, 0.25) is 5.91 Å². The lowest BCUT2D eigenvalue weighted by Crippen LogP contribution is -2.47. The van der Waals surface area contributed by atoms with Crippen molar-refractivity contribution in [3.05, 3.63) is 77.9 Å². The van der Waals surface area contributed by atoms with Crippen LogP contribution < -0.4 is 16.2 Å². The average Bonchev–Trinajstić information content (AvgIpc) is 2.75. The minimum absolute atomic E-state index is 0.365. The van der Waals surface area contributed by atoms with E-state index >= 15 is 0 Å². The van der Waals surface area contributed by atoms with Crippen LogP contribution in [-0.4, -0.2) is 36.3 Å². The van der Waals surface area contributed by atoms with Crippen LogP contribution in [0.4, 0.5) is 0 Å². The molecule has 0 heterocycles. The molecule has 2 aromatic rings. The molecule has 0 unspecified atom stereocenters. The smallest absolute Gasteiger partial charge is 0.326 e. The maximum atomic E-state index is 11.9. The molecule has 3 N–H and O–H groups in total. The predicted octanol–water partition coefficient (Wildman–Crippen LogP) is 1.21. The summed E-state index contributed by atoms with van der Waals surface area (Å²) in [7, 11) is 0. The molecule has 0 radical (unpaired) electrons. The van der Waals surface area contributed by atoms with Gasteiger partial charge in [0.15, 0.2) is 6.10 Å². The Morgan fingerprint density at radius 2 is 1.55 bits per heavy atom. The minimum Gasteiger partial charge on any atom is -0.451 e. The van der Waals surface area contributed by atoms with Gasteiger partial charge in [-0.25, -0.2) is 0 Å². The summed E-state index contributed by atoms with van der Waals surface area (Å²) < 4.78 is 4.92. The van der Waals surface area contributed by atoms with Gasteiger partial charge in [0.05, 0.1) is 0 Å². The van der Waals surface area contributed by atoms with Crippen molar-refractivity contribution in [2.45, 2.75) is 13.0 Å². The Morgan fingerprint density at radius 1 is 0.931 bits per heavy atom. The molecular formula is C21H21N3O5. The number of hydrogen-bond donors (Lipinski definition) is 3. The van der Waals surface area contributed by atoms with Crippen molar-refractivity contribution in [3.63, 3.8) is 0 Å². The van der Waals surface area contributed by atoms with E-state index in [0.717, 1.165) is 5.56 Å². The molecule has 0 bridgehead atoms. The summed E-state index contributed by atoms with van der Waals surface area (Å²) in [5.41, 5.74) is 5.61. The molecule has 2 rings (SSSR count). The van der Waals surface area contributed by atoms with E-state index in [1.165, 1.54) is 13.0 Å². The minimum atomic E-state index is -1.16. The number of carbonyl (C=O) groups is 4. The second-order valence-electron chi connectivity index (χ2n) is 5.90. The number of amides is 3. The summed E-state index contributed by atoms with van der Waals surface area (Å²) in [4.78, 5) is 47.2. The van der Waals surface area contributed by atoms with Gasteiger partial charge in [-0.2, -0.15) is 0 Å². The Balaban J connectivity index is 1.69. The zero-order valence-electron chi connectivity index (χ0n) is 15.8. The lowest BCUT2D eigenvalue weighted by Gasteiger charge is -2.14. The van der Waals surface area contributed by atoms with Crippen molar-refractivity contribution >= 4 is 29.8 Å². The van der Waals surface area contributed by atoms with Crippen LogP contribution in [-0.2, 0) is 19.1 Å². The summed E-state index contributed by atoms with van der Waals surface area (Å²) in [5, 5.41) is 2.37. The van der Waals surface area contributed by atoms with Gasteiger partial charge in [-0.15, -0.1) is 0 Å². The van der Waals surface area contributed by atoms with Gasteiger partial charge < -0.3 is 10.1 Å². The molecule has 8 nitrogen and oxygen atoms in total. The standard InChI is InChI=1S/C21H21N3O5/c1-15(20(27)23-24-21(28)17-10-6-3-7-11-17)29-19(26)14-22-18(25)13-12-16-8-4-2-5-9-16/h2-13,15H,14H2,1H3,(H,22,25)(H,23,27)(H,24,28)/b13-12+/t15-/m1/s1. The van der Waals surface area contributed by atoms with Gasteiger partial charge >= 0.3 is 5.97 Å². The van der Waals surface area contributed by atoms with Crippen LogP contribution in [0.2, 0.25) is 0 Å². The molecule has 0 aliphatic rings. The Bertz CT molecular complexity index is 882. The van der Waals surface area contributed by atoms with E-state index in [1.54, 1.807) is 36.4 Å². The van der Waals surface area contributed by atoms with Crippen LogP contribution in [0.25, 0.3) is 6.08 Å². The van der Waals surface area contributed by atoms with E-state index < -0.39 is 36.3 Å². The number of carbonyl (C=O) groups excluding carboxylic acids is 4. The Kier molecular flexibility index (Phi) is 8.12. The van der Waals surface area contributed by atoms with Crippen LogP contribution >= 0.6 is 0 Å². The molecule has 0 saturated carbocycles. The van der Waals surface area contributed by atoms with E-state index in [4.69, 9.17) is 4.74 Å². The highest BCUT2D eigenvalue weighted by Crippen LogP contribution is 2.00. The molecule has 29 heavy (non-hydrogen) atoms. The van der Waals surface area contributed by atoms with Gasteiger partial charge in [-0.05, 0) is 30.7 Å². The van der Waals surface area contributed by atoms with Crippen LogP contribution in [0.15, 0.2) is 66.7 Å². The zero-order chi connectivity index (χ0) is 21.1. The second-order valence-corrected chi connectivity index (χ2v) is 5.90. The summed E-state index contributed by atoms with van der Waals surface area (Å²) in [6.45, 7) is 0.949. The summed E-state index contributed by atoms with van der Waals surface area (Å²) in [5.74, 6) is -2.48. The highest BCUT2D eigenvalue weighted by molar-refractivity contribution is 5.96. The molecule has 2 aromatic carbocycles. The molecule has 0 aliphatic carbocycles. The maximum Gasteiger partial charge on any atom is 0.326 e. The van der Waals surface area contributed by atoms with Gasteiger partial charge in [0.1, 0.15) is 6.54 Å². The number of benzene rings is 2. The quantitative estimate of drug-likeness (QED) is 0.370. The highest BCUT2D eigenvalue weighted by atomic mass is 16.5. The maximum absolute atomic E-state index is 11.9. The molecule has 0 aliphatic heterocycles. The highest BCUT2D eigenvalue weighted by Gasteiger charge is 2.18. The van der Waals surface area contributed by atoms with Crippen LogP contribution in [0.3, 0.4) is 0 Å². The van der Waals surface area contributed by atoms with Crippen molar-refractivity contribution in [2.75, 3.05) is 6.54 Å². The first-order valence-electron chi connectivity index (χ1n) is 8.81. The number of hydrogen-bond acceptors (Lipinski definition) is 5. The Labute approximate surface area is 167 Å². The summed E-state index contributed by atoms with van der Waals surface area (Å²) in [6, 6.07) is 17.5. The van der Waals surface area contributed by atoms with Crippen molar-refractivity contribution < 1.29 is 23.9 Å². The van der Waals surface area contributed by atoms with Crippen molar-refractivity contribution in [3.8, 4) is 0 Å². The molecule has 0 fully saturated rings. The number of esters is 1. The van der Waals surface area contributed by atoms with Crippen LogP contribution in [0, 0.1) is 0 Å². The third-order valence-corrected chi connectivity index (χ3v) is 3.65. The van der Waals surface area contributed by atoms with E-state index in [0.29, 0.717) is 5.56 Å². The lowest BCUT2D eigenvalue weighted by atomic mass is 10.2. The van der Waals surface area contributed by atoms with Crippen LogP contribution in [0.1, 0.15) is 22.8 Å².